The molecule has 1 N–H and O–H groups in total. The Morgan fingerprint density at radius 3 is 2.71 bits per heavy atom. The standard InChI is InChI=1S/C11H14FNO3S/c1-3-6-13(2)17(15,16)11-7-9(8-14)4-5-10(11)12/h3-5,7,14H,1,6,8H2,2H3. The van der Waals surface area contributed by atoms with Gasteiger partial charge < -0.3 is 5.11 Å². The van der Waals surface area contributed by atoms with Gasteiger partial charge >= 0.3 is 0 Å². The highest BCUT2D eigenvalue weighted by Crippen LogP contribution is 2.19. The molecule has 0 heterocycles. The Labute approximate surface area is 100 Å². The van der Waals surface area contributed by atoms with Gasteiger partial charge in [-0.25, -0.2) is 12.8 Å². The van der Waals surface area contributed by atoms with Gasteiger partial charge in [0.1, 0.15) is 10.7 Å². The Balaban J connectivity index is 3.27. The minimum absolute atomic E-state index is 0.0884. The Bertz CT molecular complexity index is 513. The minimum atomic E-state index is -3.89. The van der Waals surface area contributed by atoms with E-state index < -0.39 is 20.7 Å². The molecule has 0 aliphatic rings. The zero-order chi connectivity index (χ0) is 13.1. The van der Waals surface area contributed by atoms with Gasteiger partial charge in [0.05, 0.1) is 6.61 Å². The van der Waals surface area contributed by atoms with Crippen LogP contribution in [0.15, 0.2) is 35.7 Å². The zero-order valence-corrected chi connectivity index (χ0v) is 10.2. The van der Waals surface area contributed by atoms with Crippen LogP contribution in [0.1, 0.15) is 5.56 Å². The molecule has 94 valence electrons. The van der Waals surface area contributed by atoms with Crippen molar-refractivity contribution >= 4 is 10.0 Å². The zero-order valence-electron chi connectivity index (χ0n) is 9.43. The van der Waals surface area contributed by atoms with E-state index in [1.807, 2.05) is 0 Å². The number of hydrogen-bond donors (Lipinski definition) is 1. The molecule has 0 aliphatic heterocycles. The fourth-order valence-corrected chi connectivity index (χ4v) is 2.54. The fraction of sp³-hybridized carbons (Fsp3) is 0.273. The largest absolute Gasteiger partial charge is 0.392 e. The summed E-state index contributed by atoms with van der Waals surface area (Å²) in [7, 11) is -2.55. The summed E-state index contributed by atoms with van der Waals surface area (Å²) in [5.41, 5.74) is 0.344. The number of likely N-dealkylation sites (N-methyl/N-ethyl adjacent to an activating group) is 1. The second-order valence-electron chi connectivity index (χ2n) is 3.50. The molecule has 0 spiro atoms. The number of rotatable bonds is 5. The number of aliphatic hydroxyl groups is 1. The normalized spacial score (nSPS) is 11.8. The van der Waals surface area contributed by atoms with E-state index in [1.165, 1.54) is 19.2 Å². The number of hydrogen-bond acceptors (Lipinski definition) is 3. The molecule has 0 aromatic heterocycles. The molecular formula is C11H14FNO3S. The average molecular weight is 259 g/mol. The van der Waals surface area contributed by atoms with Crippen molar-refractivity contribution in [3.8, 4) is 0 Å². The van der Waals surface area contributed by atoms with Gasteiger partial charge in [0.2, 0.25) is 10.0 Å². The number of sulfonamides is 1. The maximum atomic E-state index is 13.5. The molecule has 1 aromatic rings. The number of aliphatic hydroxyl groups excluding tert-OH is 1. The second kappa shape index (κ2) is 5.39. The lowest BCUT2D eigenvalue weighted by Gasteiger charge is -2.16. The topological polar surface area (TPSA) is 57.6 Å². The summed E-state index contributed by atoms with van der Waals surface area (Å²) in [6.07, 6.45) is 1.41. The van der Waals surface area contributed by atoms with Crippen molar-refractivity contribution in [3.05, 3.63) is 42.2 Å². The summed E-state index contributed by atoms with van der Waals surface area (Å²) >= 11 is 0. The Morgan fingerprint density at radius 1 is 1.53 bits per heavy atom. The van der Waals surface area contributed by atoms with Gasteiger partial charge in [-0.05, 0) is 17.7 Å². The lowest BCUT2D eigenvalue weighted by Crippen LogP contribution is -2.27. The summed E-state index contributed by atoms with van der Waals surface area (Å²) < 4.78 is 38.4. The van der Waals surface area contributed by atoms with Gasteiger partial charge in [0, 0.05) is 13.6 Å². The van der Waals surface area contributed by atoms with Gasteiger partial charge in [-0.2, -0.15) is 4.31 Å². The van der Waals surface area contributed by atoms with Crippen LogP contribution in [0.2, 0.25) is 0 Å². The monoisotopic (exact) mass is 259 g/mol. The van der Waals surface area contributed by atoms with E-state index in [0.717, 1.165) is 16.4 Å². The molecule has 0 saturated heterocycles. The third-order valence-electron chi connectivity index (χ3n) is 2.25. The fourth-order valence-electron chi connectivity index (χ4n) is 1.29. The van der Waals surface area contributed by atoms with E-state index in [1.54, 1.807) is 0 Å². The van der Waals surface area contributed by atoms with E-state index in [-0.39, 0.29) is 13.2 Å². The van der Waals surface area contributed by atoms with Crippen LogP contribution in [0.3, 0.4) is 0 Å². The van der Waals surface area contributed by atoms with Crippen LogP contribution >= 0.6 is 0 Å². The Morgan fingerprint density at radius 2 is 2.18 bits per heavy atom. The third-order valence-corrected chi connectivity index (χ3v) is 4.09. The average Bonchev–Trinajstić information content (AvgIpc) is 2.29. The smallest absolute Gasteiger partial charge is 0.246 e. The summed E-state index contributed by atoms with van der Waals surface area (Å²) in [5, 5.41) is 8.91. The quantitative estimate of drug-likeness (QED) is 0.806. The molecular weight excluding hydrogens is 245 g/mol. The second-order valence-corrected chi connectivity index (χ2v) is 5.51. The summed E-state index contributed by atoms with van der Waals surface area (Å²) in [6.45, 7) is 3.17. The van der Waals surface area contributed by atoms with Crippen molar-refractivity contribution in [1.29, 1.82) is 0 Å². The Hall–Kier alpha value is -1.24. The maximum absolute atomic E-state index is 13.5. The van der Waals surface area contributed by atoms with Crippen LogP contribution in [0.25, 0.3) is 0 Å². The molecule has 0 saturated carbocycles. The van der Waals surface area contributed by atoms with Gasteiger partial charge in [0.15, 0.2) is 0 Å². The van der Waals surface area contributed by atoms with Crippen LogP contribution < -0.4 is 0 Å². The summed E-state index contributed by atoms with van der Waals surface area (Å²) in [5.74, 6) is -0.835. The van der Waals surface area contributed by atoms with Gasteiger partial charge in [-0.15, -0.1) is 6.58 Å². The number of nitrogens with zero attached hydrogens (tertiary/aromatic N) is 1. The molecule has 4 nitrogen and oxygen atoms in total. The molecule has 0 aliphatic carbocycles. The van der Waals surface area contributed by atoms with Crippen LogP contribution in [-0.4, -0.2) is 31.4 Å². The summed E-state index contributed by atoms with van der Waals surface area (Å²) in [6, 6.07) is 3.49. The molecule has 0 unspecified atom stereocenters. The lowest BCUT2D eigenvalue weighted by molar-refractivity contribution is 0.281. The summed E-state index contributed by atoms with van der Waals surface area (Å²) in [4.78, 5) is -0.437. The highest BCUT2D eigenvalue weighted by molar-refractivity contribution is 7.89. The molecule has 1 rings (SSSR count). The van der Waals surface area contributed by atoms with E-state index in [4.69, 9.17) is 5.11 Å². The van der Waals surface area contributed by atoms with Gasteiger partial charge in [-0.1, -0.05) is 12.1 Å². The first-order chi connectivity index (χ1) is 7.93. The van der Waals surface area contributed by atoms with Crippen molar-refractivity contribution < 1.29 is 17.9 Å². The van der Waals surface area contributed by atoms with Gasteiger partial charge in [-0.3, -0.25) is 0 Å². The van der Waals surface area contributed by atoms with Crippen molar-refractivity contribution in [3.63, 3.8) is 0 Å². The van der Waals surface area contributed by atoms with Crippen LogP contribution in [0, 0.1) is 5.82 Å². The van der Waals surface area contributed by atoms with Crippen LogP contribution in [-0.2, 0) is 16.6 Å². The predicted octanol–water partition coefficient (Wildman–Crippen LogP) is 1.12. The van der Waals surface area contributed by atoms with Crippen molar-refractivity contribution in [1.82, 2.24) is 4.31 Å². The van der Waals surface area contributed by atoms with E-state index in [2.05, 4.69) is 6.58 Å². The van der Waals surface area contributed by atoms with Crippen molar-refractivity contribution in [2.45, 2.75) is 11.5 Å². The maximum Gasteiger partial charge on any atom is 0.246 e. The molecule has 0 bridgehead atoms. The number of benzene rings is 1. The lowest BCUT2D eigenvalue weighted by atomic mass is 10.2. The first kappa shape index (κ1) is 13.8. The first-order valence-corrected chi connectivity index (χ1v) is 6.34. The first-order valence-electron chi connectivity index (χ1n) is 4.90. The van der Waals surface area contributed by atoms with Crippen LogP contribution in [0.5, 0.6) is 0 Å². The molecule has 0 fully saturated rings. The number of halogens is 1. The van der Waals surface area contributed by atoms with Crippen molar-refractivity contribution in [2.24, 2.45) is 0 Å². The SMILES string of the molecule is C=CCN(C)S(=O)(=O)c1cc(CO)ccc1F. The third kappa shape index (κ3) is 2.91. The van der Waals surface area contributed by atoms with E-state index in [0.29, 0.717) is 5.56 Å². The molecule has 1 aromatic carbocycles. The highest BCUT2D eigenvalue weighted by Gasteiger charge is 2.23. The highest BCUT2D eigenvalue weighted by atomic mass is 32.2. The van der Waals surface area contributed by atoms with E-state index >= 15 is 0 Å². The molecule has 17 heavy (non-hydrogen) atoms. The minimum Gasteiger partial charge on any atom is -0.392 e. The Kier molecular flexibility index (Phi) is 4.39. The van der Waals surface area contributed by atoms with E-state index in [9.17, 15) is 12.8 Å². The molecule has 6 heteroatoms. The molecule has 0 atom stereocenters. The molecule has 0 amide bonds. The van der Waals surface area contributed by atoms with Crippen molar-refractivity contribution in [2.75, 3.05) is 13.6 Å². The van der Waals surface area contributed by atoms with Crippen LogP contribution in [0.4, 0.5) is 4.39 Å². The predicted molar refractivity (Wildman–Crippen MR) is 62.3 cm³/mol. The van der Waals surface area contributed by atoms with Gasteiger partial charge in [0.25, 0.3) is 0 Å². The molecule has 0 radical (unpaired) electrons.